The molecule has 0 atom stereocenters. The smallest absolute Gasteiger partial charge is 0.225 e. The summed E-state index contributed by atoms with van der Waals surface area (Å²) in [6.45, 7) is 12.7. The van der Waals surface area contributed by atoms with Crippen LogP contribution in [0.15, 0.2) is 23.5 Å². The van der Waals surface area contributed by atoms with E-state index < -0.39 is 0 Å². The fraction of sp³-hybridized carbons (Fsp3) is 0.737. The molecule has 1 saturated heterocycles. The molecule has 0 saturated carbocycles. The van der Waals surface area contributed by atoms with Gasteiger partial charge in [-0.15, -0.1) is 24.0 Å². The van der Waals surface area contributed by atoms with E-state index in [9.17, 15) is 0 Å². The summed E-state index contributed by atoms with van der Waals surface area (Å²) < 4.78 is 5.59. The Kier molecular flexibility index (Phi) is 13.1. The summed E-state index contributed by atoms with van der Waals surface area (Å²) in [5, 5.41) is 6.73. The molecule has 1 aliphatic heterocycles. The van der Waals surface area contributed by atoms with Gasteiger partial charge in [-0.3, -0.25) is 9.89 Å². The summed E-state index contributed by atoms with van der Waals surface area (Å²) in [7, 11) is 1.81. The topological polar surface area (TPSA) is 77.9 Å². The third kappa shape index (κ3) is 9.83. The molecular weight excluding hydrogens is 469 g/mol. The van der Waals surface area contributed by atoms with E-state index in [1.807, 2.05) is 13.1 Å². The molecule has 1 fully saturated rings. The van der Waals surface area contributed by atoms with Gasteiger partial charge in [-0.05, 0) is 18.4 Å². The van der Waals surface area contributed by atoms with Crippen molar-refractivity contribution in [2.75, 3.05) is 71.0 Å². The second-order valence-corrected chi connectivity index (χ2v) is 7.13. The fourth-order valence-electron chi connectivity index (χ4n) is 2.88. The lowest BCUT2D eigenvalue weighted by Gasteiger charge is -2.34. The van der Waals surface area contributed by atoms with E-state index in [1.54, 1.807) is 12.4 Å². The second-order valence-electron chi connectivity index (χ2n) is 7.13. The fourth-order valence-corrected chi connectivity index (χ4v) is 2.88. The number of hydrogen-bond acceptors (Lipinski definition) is 6. The number of guanidine groups is 1. The largest absolute Gasteiger partial charge is 0.381 e. The molecule has 8 nitrogen and oxygen atoms in total. The van der Waals surface area contributed by atoms with Gasteiger partial charge in [0.05, 0.1) is 0 Å². The van der Waals surface area contributed by atoms with Crippen molar-refractivity contribution >= 4 is 35.9 Å². The molecule has 1 aliphatic rings. The Hall–Kier alpha value is -1.20. The highest BCUT2D eigenvalue weighted by atomic mass is 127. The molecular formula is C19H36IN7O. The highest BCUT2D eigenvalue weighted by molar-refractivity contribution is 14.0. The normalized spacial score (nSPS) is 15.4. The molecule has 9 heteroatoms. The van der Waals surface area contributed by atoms with Gasteiger partial charge in [-0.2, -0.15) is 0 Å². The summed E-state index contributed by atoms with van der Waals surface area (Å²) in [5.41, 5.74) is 0. The molecule has 0 unspecified atom stereocenters. The zero-order chi connectivity index (χ0) is 19.3. The van der Waals surface area contributed by atoms with Crippen LogP contribution in [-0.4, -0.2) is 86.9 Å². The molecule has 2 heterocycles. The number of nitrogens with zero attached hydrogens (tertiary/aromatic N) is 5. The van der Waals surface area contributed by atoms with Crippen LogP contribution in [0, 0.1) is 5.92 Å². The van der Waals surface area contributed by atoms with Crippen LogP contribution < -0.4 is 15.5 Å². The van der Waals surface area contributed by atoms with Crippen LogP contribution in [0.1, 0.15) is 20.3 Å². The van der Waals surface area contributed by atoms with Crippen LogP contribution in [0.4, 0.5) is 5.95 Å². The number of aliphatic imine (C=N–C) groups is 1. The maximum atomic E-state index is 5.59. The lowest BCUT2D eigenvalue weighted by atomic mass is 10.2. The Bertz CT molecular complexity index is 536. The Morgan fingerprint density at radius 3 is 2.46 bits per heavy atom. The van der Waals surface area contributed by atoms with Crippen LogP contribution >= 0.6 is 24.0 Å². The van der Waals surface area contributed by atoms with Crippen molar-refractivity contribution in [1.29, 1.82) is 0 Å². The molecule has 2 N–H and O–H groups in total. The van der Waals surface area contributed by atoms with E-state index in [-0.39, 0.29) is 24.0 Å². The van der Waals surface area contributed by atoms with Gasteiger partial charge in [0.25, 0.3) is 0 Å². The van der Waals surface area contributed by atoms with E-state index in [1.165, 1.54) is 0 Å². The molecule has 0 amide bonds. The molecule has 28 heavy (non-hydrogen) atoms. The zero-order valence-corrected chi connectivity index (χ0v) is 19.8. The maximum Gasteiger partial charge on any atom is 0.225 e. The van der Waals surface area contributed by atoms with Gasteiger partial charge in [0.2, 0.25) is 5.95 Å². The minimum atomic E-state index is 0. The minimum absolute atomic E-state index is 0. The van der Waals surface area contributed by atoms with Crippen molar-refractivity contribution in [2.24, 2.45) is 10.9 Å². The second kappa shape index (κ2) is 14.7. The van der Waals surface area contributed by atoms with Crippen molar-refractivity contribution < 1.29 is 4.74 Å². The number of nitrogens with one attached hydrogen (secondary N) is 2. The van der Waals surface area contributed by atoms with Gasteiger partial charge in [-0.25, -0.2) is 9.97 Å². The van der Waals surface area contributed by atoms with Crippen molar-refractivity contribution in [2.45, 2.75) is 20.3 Å². The molecule has 1 aromatic heterocycles. The van der Waals surface area contributed by atoms with Crippen molar-refractivity contribution in [3.8, 4) is 0 Å². The Balaban J connectivity index is 0.00000392. The van der Waals surface area contributed by atoms with Crippen LogP contribution in [0.3, 0.4) is 0 Å². The van der Waals surface area contributed by atoms with E-state index in [4.69, 9.17) is 4.74 Å². The van der Waals surface area contributed by atoms with Gasteiger partial charge in [0.15, 0.2) is 5.96 Å². The molecule has 0 bridgehead atoms. The summed E-state index contributed by atoms with van der Waals surface area (Å²) in [4.78, 5) is 17.6. The van der Waals surface area contributed by atoms with Crippen LogP contribution in [0.25, 0.3) is 0 Å². The van der Waals surface area contributed by atoms with Crippen LogP contribution in [0.5, 0.6) is 0 Å². The first kappa shape index (κ1) is 24.8. The monoisotopic (exact) mass is 505 g/mol. The van der Waals surface area contributed by atoms with Crippen molar-refractivity contribution in [3.63, 3.8) is 0 Å². The number of hydrogen-bond donors (Lipinski definition) is 2. The lowest BCUT2D eigenvalue weighted by Crippen LogP contribution is -2.49. The molecule has 1 aromatic rings. The van der Waals surface area contributed by atoms with Gasteiger partial charge in [0.1, 0.15) is 0 Å². The predicted octanol–water partition coefficient (Wildman–Crippen LogP) is 1.44. The van der Waals surface area contributed by atoms with E-state index >= 15 is 0 Å². The minimum Gasteiger partial charge on any atom is -0.381 e. The van der Waals surface area contributed by atoms with Gasteiger partial charge in [-0.1, -0.05) is 13.8 Å². The van der Waals surface area contributed by atoms with Crippen LogP contribution in [0.2, 0.25) is 0 Å². The molecule has 0 radical (unpaired) electrons. The average Bonchev–Trinajstić information content (AvgIpc) is 2.70. The molecule has 2 rings (SSSR count). The van der Waals surface area contributed by atoms with E-state index in [0.29, 0.717) is 5.92 Å². The molecule has 0 spiro atoms. The Labute approximate surface area is 186 Å². The molecule has 0 aromatic carbocycles. The highest BCUT2D eigenvalue weighted by Gasteiger charge is 2.18. The first-order valence-electron chi connectivity index (χ1n) is 9.95. The first-order valence-corrected chi connectivity index (χ1v) is 9.95. The van der Waals surface area contributed by atoms with Crippen molar-refractivity contribution in [3.05, 3.63) is 18.5 Å². The van der Waals surface area contributed by atoms with Gasteiger partial charge < -0.3 is 20.3 Å². The van der Waals surface area contributed by atoms with E-state index in [2.05, 4.69) is 49.2 Å². The summed E-state index contributed by atoms with van der Waals surface area (Å²) in [6.07, 6.45) is 4.58. The van der Waals surface area contributed by atoms with Gasteiger partial charge >= 0.3 is 0 Å². The SMILES string of the molecule is CN=C(NCCCOCC(C)C)NCCN1CCN(c2ncccn2)CC1.I. The summed E-state index contributed by atoms with van der Waals surface area (Å²) in [6, 6.07) is 1.85. The molecule has 160 valence electrons. The van der Waals surface area contributed by atoms with Crippen LogP contribution in [-0.2, 0) is 4.74 Å². The summed E-state index contributed by atoms with van der Waals surface area (Å²) in [5.74, 6) is 2.28. The maximum absolute atomic E-state index is 5.59. The van der Waals surface area contributed by atoms with E-state index in [0.717, 1.165) is 77.4 Å². The highest BCUT2D eigenvalue weighted by Crippen LogP contribution is 2.08. The first-order chi connectivity index (χ1) is 13.2. The quantitative estimate of drug-likeness (QED) is 0.216. The lowest BCUT2D eigenvalue weighted by molar-refractivity contribution is 0.108. The summed E-state index contributed by atoms with van der Waals surface area (Å²) >= 11 is 0. The predicted molar refractivity (Wildman–Crippen MR) is 126 cm³/mol. The Morgan fingerprint density at radius 2 is 1.82 bits per heavy atom. The van der Waals surface area contributed by atoms with Crippen molar-refractivity contribution in [1.82, 2.24) is 25.5 Å². The number of ether oxygens (including phenoxy) is 1. The third-order valence-electron chi connectivity index (χ3n) is 4.36. The standard InChI is InChI=1S/C19H35N7O.HI/c1-17(2)16-27-15-5-8-21-18(20-3)22-9-10-25-11-13-26(14-12-25)19-23-6-4-7-24-19;/h4,6-7,17H,5,8-16H2,1-3H3,(H2,20,21,22);1H. The third-order valence-corrected chi connectivity index (χ3v) is 4.36. The number of halogens is 1. The zero-order valence-electron chi connectivity index (χ0n) is 17.4. The number of aromatic nitrogens is 2. The van der Waals surface area contributed by atoms with Gasteiger partial charge in [0, 0.05) is 78.5 Å². The Morgan fingerprint density at radius 1 is 1.14 bits per heavy atom. The average molecular weight is 505 g/mol. The molecule has 0 aliphatic carbocycles. The number of rotatable bonds is 10. The number of piperazine rings is 1. The number of anilines is 1.